The van der Waals surface area contributed by atoms with Gasteiger partial charge in [-0.1, -0.05) is 119 Å². The molecule has 0 saturated carbocycles. The van der Waals surface area contributed by atoms with E-state index in [9.17, 15) is 0 Å². The van der Waals surface area contributed by atoms with Gasteiger partial charge in [-0.2, -0.15) is 0 Å². The molecule has 44 heavy (non-hydrogen) atoms. The Kier molecular flexibility index (Phi) is 5.05. The summed E-state index contributed by atoms with van der Waals surface area (Å²) >= 11 is 0. The summed E-state index contributed by atoms with van der Waals surface area (Å²) < 4.78 is 6.78. The third-order valence-electron chi connectivity index (χ3n) is 10.3. The summed E-state index contributed by atoms with van der Waals surface area (Å²) in [7, 11) is 0. The van der Waals surface area contributed by atoms with Crippen LogP contribution in [0.1, 0.15) is 49.9 Å². The van der Waals surface area contributed by atoms with Gasteiger partial charge in [-0.25, -0.2) is 0 Å². The molecular weight excluding hydrogens is 534 g/mol. The number of hydrogen-bond acceptors (Lipinski definition) is 2. The zero-order chi connectivity index (χ0) is 29.8. The second-order valence-electron chi connectivity index (χ2n) is 13.4. The Morgan fingerprint density at radius 1 is 0.455 bits per heavy atom. The molecule has 0 unspecified atom stereocenters. The van der Waals surface area contributed by atoms with Crippen LogP contribution in [0.3, 0.4) is 0 Å². The number of rotatable bonds is 2. The lowest BCUT2D eigenvalue weighted by molar-refractivity contribution is 0.475. The van der Waals surface area contributed by atoms with Crippen molar-refractivity contribution in [1.29, 1.82) is 0 Å². The lowest BCUT2D eigenvalue weighted by Gasteiger charge is -2.34. The second-order valence-corrected chi connectivity index (χ2v) is 13.4. The highest BCUT2D eigenvalue weighted by Crippen LogP contribution is 2.58. The Morgan fingerprint density at radius 2 is 1.07 bits per heavy atom. The predicted octanol–water partition coefficient (Wildman–Crippen LogP) is 11.5. The maximum Gasteiger partial charge on any atom is 0.151 e. The van der Waals surface area contributed by atoms with Crippen LogP contribution in [0, 0.1) is 0 Å². The van der Waals surface area contributed by atoms with Gasteiger partial charge in [-0.15, -0.1) is 0 Å². The van der Waals surface area contributed by atoms with Crippen LogP contribution in [-0.4, -0.2) is 0 Å². The topological polar surface area (TPSA) is 12.5 Å². The van der Waals surface area contributed by atoms with Crippen LogP contribution in [0.4, 0.5) is 17.1 Å². The number of fused-ring (bicyclic) bond motifs is 8. The number of ether oxygens (including phenoxy) is 1. The minimum absolute atomic E-state index is 0.0429. The Morgan fingerprint density at radius 3 is 1.86 bits per heavy atom. The second kappa shape index (κ2) is 8.74. The van der Waals surface area contributed by atoms with E-state index in [1.165, 1.54) is 55.6 Å². The van der Waals surface area contributed by atoms with Crippen LogP contribution in [-0.2, 0) is 10.8 Å². The van der Waals surface area contributed by atoms with Crippen molar-refractivity contribution in [3.8, 4) is 44.9 Å². The summed E-state index contributed by atoms with van der Waals surface area (Å²) in [5, 5.41) is 0. The van der Waals surface area contributed by atoms with Crippen LogP contribution in [0.5, 0.6) is 11.5 Å². The van der Waals surface area contributed by atoms with E-state index in [-0.39, 0.29) is 10.8 Å². The first kappa shape index (κ1) is 25.4. The first-order valence-corrected chi connectivity index (χ1v) is 15.5. The quantitative estimate of drug-likeness (QED) is 0.206. The molecule has 3 aliphatic rings. The van der Waals surface area contributed by atoms with Crippen molar-refractivity contribution in [3.05, 3.63) is 150 Å². The fourth-order valence-electron chi connectivity index (χ4n) is 8.02. The van der Waals surface area contributed by atoms with Gasteiger partial charge in [-0.3, -0.25) is 0 Å². The van der Waals surface area contributed by atoms with Crippen LogP contribution in [0.2, 0.25) is 0 Å². The molecule has 6 aromatic rings. The standard InChI is InChI=1S/C42H33NO/c1-41(2)33-19-11-9-16-30(33)40-28(17-12-20-34(40)41)26-21-22-38-36(23-26)43(27-13-6-5-7-14-27)37-24-31-29-15-8-10-18-32(29)42(3,4)35(31)25-39(37)44-38/h5-25H,1-4H3. The van der Waals surface area contributed by atoms with Crippen LogP contribution >= 0.6 is 0 Å². The summed E-state index contributed by atoms with van der Waals surface area (Å²) in [5.41, 5.74) is 16.3. The van der Waals surface area contributed by atoms with Gasteiger partial charge in [-0.05, 0) is 92.0 Å². The first-order valence-electron chi connectivity index (χ1n) is 15.5. The fourth-order valence-corrected chi connectivity index (χ4v) is 8.02. The highest BCUT2D eigenvalue weighted by atomic mass is 16.5. The average Bonchev–Trinajstić information content (AvgIpc) is 3.42. The summed E-state index contributed by atoms with van der Waals surface area (Å²) in [6.07, 6.45) is 0. The van der Waals surface area contributed by atoms with Crippen molar-refractivity contribution in [2.75, 3.05) is 4.90 Å². The third-order valence-corrected chi connectivity index (χ3v) is 10.3. The molecule has 0 atom stereocenters. The molecule has 0 N–H and O–H groups in total. The van der Waals surface area contributed by atoms with Gasteiger partial charge in [0.25, 0.3) is 0 Å². The molecule has 1 heterocycles. The van der Waals surface area contributed by atoms with E-state index in [0.717, 1.165) is 28.6 Å². The predicted molar refractivity (Wildman–Crippen MR) is 182 cm³/mol. The zero-order valence-electron chi connectivity index (χ0n) is 25.5. The minimum atomic E-state index is -0.0935. The van der Waals surface area contributed by atoms with Gasteiger partial charge in [0.05, 0.1) is 11.4 Å². The maximum atomic E-state index is 6.78. The van der Waals surface area contributed by atoms with E-state index in [2.05, 4.69) is 160 Å². The number of anilines is 3. The molecule has 0 bridgehead atoms. The van der Waals surface area contributed by atoms with Gasteiger partial charge in [0.15, 0.2) is 11.5 Å². The van der Waals surface area contributed by atoms with Gasteiger partial charge < -0.3 is 9.64 Å². The van der Waals surface area contributed by atoms with Crippen LogP contribution in [0.15, 0.2) is 127 Å². The highest BCUT2D eigenvalue weighted by molar-refractivity contribution is 5.96. The van der Waals surface area contributed by atoms with Crippen LogP contribution < -0.4 is 9.64 Å². The van der Waals surface area contributed by atoms with Gasteiger partial charge >= 0.3 is 0 Å². The molecule has 9 rings (SSSR count). The average molecular weight is 568 g/mol. The molecule has 0 spiro atoms. The Bertz CT molecular complexity index is 2150. The molecule has 2 heteroatoms. The molecule has 0 fully saturated rings. The molecule has 6 aromatic carbocycles. The van der Waals surface area contributed by atoms with Crippen molar-refractivity contribution < 1.29 is 4.74 Å². The SMILES string of the molecule is CC1(C)c2ccccc2-c2cc3c(cc21)Oc1ccc(-c2cccc4c2-c2ccccc2C4(C)C)cc1N3c1ccccc1. The van der Waals surface area contributed by atoms with Gasteiger partial charge in [0.2, 0.25) is 0 Å². The molecule has 0 amide bonds. The third kappa shape index (κ3) is 3.31. The smallest absolute Gasteiger partial charge is 0.151 e. The van der Waals surface area contributed by atoms with Crippen molar-refractivity contribution in [2.45, 2.75) is 38.5 Å². The summed E-state index contributed by atoms with van der Waals surface area (Å²) in [6.45, 7) is 9.32. The maximum absolute atomic E-state index is 6.78. The van der Waals surface area contributed by atoms with Crippen molar-refractivity contribution in [3.63, 3.8) is 0 Å². The Hall–Kier alpha value is -5.08. The van der Waals surface area contributed by atoms with E-state index < -0.39 is 0 Å². The number of hydrogen-bond donors (Lipinski definition) is 0. The lowest BCUT2D eigenvalue weighted by Crippen LogP contribution is -2.18. The molecule has 0 aromatic heterocycles. The fraction of sp³-hybridized carbons (Fsp3) is 0.143. The van der Waals surface area contributed by atoms with Gasteiger partial charge in [0.1, 0.15) is 0 Å². The summed E-state index contributed by atoms with van der Waals surface area (Å²) in [6, 6.07) is 46.5. The van der Waals surface area contributed by atoms with E-state index in [0.29, 0.717) is 0 Å². The van der Waals surface area contributed by atoms with Crippen molar-refractivity contribution in [2.24, 2.45) is 0 Å². The van der Waals surface area contributed by atoms with Crippen molar-refractivity contribution >= 4 is 17.1 Å². The molecule has 0 radical (unpaired) electrons. The first-order chi connectivity index (χ1) is 21.3. The lowest BCUT2D eigenvalue weighted by atomic mass is 9.82. The Balaban J connectivity index is 1.26. The van der Waals surface area contributed by atoms with Gasteiger partial charge in [0, 0.05) is 16.5 Å². The monoisotopic (exact) mass is 567 g/mol. The number of nitrogens with zero attached hydrogens (tertiary/aromatic N) is 1. The minimum Gasteiger partial charge on any atom is -0.453 e. The van der Waals surface area contributed by atoms with E-state index >= 15 is 0 Å². The molecule has 0 saturated heterocycles. The molecular formula is C42H33NO. The van der Waals surface area contributed by atoms with Crippen LogP contribution in [0.25, 0.3) is 33.4 Å². The largest absolute Gasteiger partial charge is 0.453 e. The molecule has 212 valence electrons. The van der Waals surface area contributed by atoms with Crippen molar-refractivity contribution in [1.82, 2.24) is 0 Å². The Labute approximate surface area is 259 Å². The highest BCUT2D eigenvalue weighted by Gasteiger charge is 2.39. The molecule has 1 aliphatic heterocycles. The van der Waals surface area contributed by atoms with E-state index in [1.54, 1.807) is 0 Å². The summed E-state index contributed by atoms with van der Waals surface area (Å²) in [4.78, 5) is 2.38. The molecule has 2 nitrogen and oxygen atoms in total. The van der Waals surface area contributed by atoms with E-state index in [4.69, 9.17) is 4.74 Å². The number of para-hydroxylation sites is 1. The van der Waals surface area contributed by atoms with E-state index in [1.807, 2.05) is 0 Å². The summed E-state index contributed by atoms with van der Waals surface area (Å²) in [5.74, 6) is 1.76. The zero-order valence-corrected chi connectivity index (χ0v) is 25.5. The number of benzene rings is 6. The molecule has 2 aliphatic carbocycles. The normalized spacial score (nSPS) is 15.8.